The summed E-state index contributed by atoms with van der Waals surface area (Å²) < 4.78 is 11.1. The average Bonchev–Trinajstić information content (AvgIpc) is 3.22. The van der Waals surface area contributed by atoms with Gasteiger partial charge in [-0.25, -0.2) is 0 Å². The first-order chi connectivity index (χ1) is 13.0. The first-order valence-corrected chi connectivity index (χ1v) is 9.26. The number of rotatable bonds is 3. The Kier molecular flexibility index (Phi) is 4.59. The van der Waals surface area contributed by atoms with Gasteiger partial charge < -0.3 is 14.8 Å². The van der Waals surface area contributed by atoms with Crippen LogP contribution in [0.3, 0.4) is 0 Å². The molecule has 27 heavy (non-hydrogen) atoms. The molecule has 4 rings (SSSR count). The fourth-order valence-electron chi connectivity index (χ4n) is 2.61. The summed E-state index contributed by atoms with van der Waals surface area (Å²) in [7, 11) is 1.65. The summed E-state index contributed by atoms with van der Waals surface area (Å²) >= 11 is 6.38. The third-order valence-corrected chi connectivity index (χ3v) is 5.57. The van der Waals surface area contributed by atoms with E-state index in [4.69, 9.17) is 21.7 Å². The number of nitrogens with one attached hydrogen (secondary N) is 1. The minimum Gasteiger partial charge on any atom is -0.454 e. The number of carbonyl (C=O) groups excluding carboxylic acids is 2. The number of carbonyl (C=O) groups is 2. The van der Waals surface area contributed by atoms with E-state index in [1.807, 2.05) is 0 Å². The van der Waals surface area contributed by atoms with Crippen molar-refractivity contribution in [2.75, 3.05) is 19.2 Å². The lowest BCUT2D eigenvalue weighted by atomic mass is 10.1. The molecule has 2 aromatic rings. The third kappa shape index (κ3) is 3.54. The number of ether oxygens (including phenoxy) is 2. The van der Waals surface area contributed by atoms with Crippen LogP contribution in [0.5, 0.6) is 11.5 Å². The van der Waals surface area contributed by atoms with Gasteiger partial charge in [0.15, 0.2) is 11.5 Å². The largest absolute Gasteiger partial charge is 0.454 e. The lowest BCUT2D eigenvalue weighted by Gasteiger charge is -2.07. The molecule has 0 aromatic heterocycles. The second kappa shape index (κ2) is 7.05. The Morgan fingerprint density at radius 3 is 2.63 bits per heavy atom. The van der Waals surface area contributed by atoms with E-state index in [2.05, 4.69) is 5.32 Å². The Bertz CT molecular complexity index is 986. The summed E-state index contributed by atoms with van der Waals surface area (Å²) in [4.78, 5) is 26.5. The number of thioether (sulfide) groups is 1. The molecular formula is C19H14N2O4S2. The summed E-state index contributed by atoms with van der Waals surface area (Å²) in [6, 6.07) is 12.2. The van der Waals surface area contributed by atoms with Gasteiger partial charge in [-0.3, -0.25) is 14.5 Å². The second-order valence-electron chi connectivity index (χ2n) is 5.88. The van der Waals surface area contributed by atoms with Gasteiger partial charge in [0.2, 0.25) is 6.79 Å². The van der Waals surface area contributed by atoms with Crippen molar-refractivity contribution in [3.8, 4) is 11.5 Å². The van der Waals surface area contributed by atoms with Crippen LogP contribution in [0.4, 0.5) is 5.69 Å². The highest BCUT2D eigenvalue weighted by molar-refractivity contribution is 8.26. The van der Waals surface area contributed by atoms with Gasteiger partial charge in [0.25, 0.3) is 11.8 Å². The molecule has 1 saturated heterocycles. The smallest absolute Gasteiger partial charge is 0.265 e. The van der Waals surface area contributed by atoms with Crippen molar-refractivity contribution in [3.63, 3.8) is 0 Å². The van der Waals surface area contributed by atoms with E-state index in [-0.39, 0.29) is 18.6 Å². The van der Waals surface area contributed by atoms with Gasteiger partial charge in [0, 0.05) is 24.4 Å². The van der Waals surface area contributed by atoms with Crippen LogP contribution >= 0.6 is 24.0 Å². The normalized spacial score (nSPS) is 16.9. The molecule has 136 valence electrons. The predicted molar refractivity (Wildman–Crippen MR) is 108 cm³/mol. The highest BCUT2D eigenvalue weighted by atomic mass is 32.2. The van der Waals surface area contributed by atoms with Gasteiger partial charge >= 0.3 is 0 Å². The minimum absolute atomic E-state index is 0.116. The Balaban J connectivity index is 1.46. The maximum atomic E-state index is 12.4. The Labute approximate surface area is 165 Å². The van der Waals surface area contributed by atoms with E-state index < -0.39 is 0 Å². The van der Waals surface area contributed by atoms with Crippen molar-refractivity contribution >= 4 is 51.9 Å². The van der Waals surface area contributed by atoms with E-state index in [0.29, 0.717) is 32.0 Å². The molecule has 0 atom stereocenters. The van der Waals surface area contributed by atoms with Crippen LogP contribution in [-0.2, 0) is 4.79 Å². The summed E-state index contributed by atoms with van der Waals surface area (Å²) in [5.74, 6) is 0.918. The van der Waals surface area contributed by atoms with Crippen LogP contribution in [0.15, 0.2) is 47.4 Å². The number of hydrogen-bond donors (Lipinski definition) is 1. The van der Waals surface area contributed by atoms with Gasteiger partial charge in [-0.1, -0.05) is 36.1 Å². The van der Waals surface area contributed by atoms with Gasteiger partial charge in [-0.2, -0.15) is 0 Å². The first-order valence-electron chi connectivity index (χ1n) is 8.04. The number of hydrogen-bond acceptors (Lipinski definition) is 6. The van der Waals surface area contributed by atoms with Crippen molar-refractivity contribution in [1.82, 2.24) is 4.90 Å². The highest BCUT2D eigenvalue weighted by Gasteiger charge is 2.28. The Morgan fingerprint density at radius 2 is 1.93 bits per heavy atom. The molecule has 2 aliphatic heterocycles. The van der Waals surface area contributed by atoms with E-state index in [1.54, 1.807) is 55.6 Å². The van der Waals surface area contributed by atoms with Crippen molar-refractivity contribution < 1.29 is 19.1 Å². The summed E-state index contributed by atoms with van der Waals surface area (Å²) in [6.07, 6.45) is 1.77. The van der Waals surface area contributed by atoms with Gasteiger partial charge in [0.1, 0.15) is 4.32 Å². The quantitative estimate of drug-likeness (QED) is 0.631. The number of benzene rings is 2. The number of anilines is 1. The third-order valence-electron chi connectivity index (χ3n) is 4.09. The molecule has 0 aliphatic carbocycles. The number of thiocarbonyl (C=S) groups is 1. The minimum atomic E-state index is -0.236. The maximum Gasteiger partial charge on any atom is 0.265 e. The molecule has 8 heteroatoms. The van der Waals surface area contributed by atoms with Crippen molar-refractivity contribution in [2.45, 2.75) is 0 Å². The number of amides is 2. The molecule has 0 spiro atoms. The van der Waals surface area contributed by atoms with E-state index in [0.717, 1.165) is 5.56 Å². The number of fused-ring (bicyclic) bond motifs is 1. The zero-order chi connectivity index (χ0) is 19.0. The average molecular weight is 398 g/mol. The van der Waals surface area contributed by atoms with Crippen molar-refractivity contribution in [3.05, 3.63) is 58.5 Å². The molecule has 0 unspecified atom stereocenters. The molecule has 2 aromatic carbocycles. The van der Waals surface area contributed by atoms with Crippen LogP contribution in [0.2, 0.25) is 0 Å². The first kappa shape index (κ1) is 17.6. The maximum absolute atomic E-state index is 12.4. The fourth-order valence-corrected chi connectivity index (χ4v) is 3.78. The van der Waals surface area contributed by atoms with Crippen LogP contribution in [0, 0.1) is 0 Å². The molecule has 0 radical (unpaired) electrons. The van der Waals surface area contributed by atoms with Gasteiger partial charge in [0.05, 0.1) is 4.91 Å². The zero-order valence-corrected chi connectivity index (χ0v) is 15.9. The molecule has 2 aliphatic rings. The van der Waals surface area contributed by atoms with E-state index in [9.17, 15) is 9.59 Å². The molecule has 6 nitrogen and oxygen atoms in total. The highest BCUT2D eigenvalue weighted by Crippen LogP contribution is 2.34. The monoisotopic (exact) mass is 398 g/mol. The van der Waals surface area contributed by atoms with Crippen molar-refractivity contribution in [2.24, 2.45) is 0 Å². The summed E-state index contributed by atoms with van der Waals surface area (Å²) in [5.41, 5.74) is 1.95. The standard InChI is InChI=1S/C19H14N2O4S2/c1-21-18(23)16(27-19(21)26)8-11-2-4-12(5-3-11)17(22)20-13-6-7-14-15(9-13)25-10-24-14/h2-9H,10H2,1H3,(H,20,22)/b16-8-. The molecule has 2 amide bonds. The topological polar surface area (TPSA) is 67.9 Å². The van der Waals surface area contributed by atoms with Crippen LogP contribution in [-0.4, -0.2) is 34.9 Å². The lowest BCUT2D eigenvalue weighted by molar-refractivity contribution is -0.121. The lowest BCUT2D eigenvalue weighted by Crippen LogP contribution is -2.22. The second-order valence-corrected chi connectivity index (χ2v) is 7.56. The van der Waals surface area contributed by atoms with Crippen molar-refractivity contribution in [1.29, 1.82) is 0 Å². The van der Waals surface area contributed by atoms with Gasteiger partial charge in [-0.05, 0) is 35.9 Å². The van der Waals surface area contributed by atoms with E-state index >= 15 is 0 Å². The summed E-state index contributed by atoms with van der Waals surface area (Å²) in [5, 5.41) is 2.83. The molecule has 0 bridgehead atoms. The molecular weight excluding hydrogens is 384 g/mol. The van der Waals surface area contributed by atoms with Crippen LogP contribution in [0.1, 0.15) is 15.9 Å². The number of nitrogens with zero attached hydrogens (tertiary/aromatic N) is 1. The van der Waals surface area contributed by atoms with Crippen LogP contribution < -0.4 is 14.8 Å². The Hall–Kier alpha value is -2.84. The van der Waals surface area contributed by atoms with Gasteiger partial charge in [-0.15, -0.1) is 0 Å². The zero-order valence-electron chi connectivity index (χ0n) is 14.2. The SMILES string of the molecule is CN1C(=O)/C(=C/c2ccc(C(=O)Nc3ccc4c(c3)OCO4)cc2)SC1=S. The molecule has 1 N–H and O–H groups in total. The molecule has 1 fully saturated rings. The Morgan fingerprint density at radius 1 is 1.19 bits per heavy atom. The predicted octanol–water partition coefficient (Wildman–Crippen LogP) is 3.50. The molecule has 0 saturated carbocycles. The van der Waals surface area contributed by atoms with Crippen LogP contribution in [0.25, 0.3) is 6.08 Å². The molecule has 2 heterocycles. The number of likely N-dealkylation sites (N-methyl/N-ethyl adjacent to an activating group) is 1. The summed E-state index contributed by atoms with van der Waals surface area (Å²) in [6.45, 7) is 0.186. The van der Waals surface area contributed by atoms with E-state index in [1.165, 1.54) is 16.7 Å². The fraction of sp³-hybridized carbons (Fsp3) is 0.105.